The van der Waals surface area contributed by atoms with Gasteiger partial charge in [-0.25, -0.2) is 4.98 Å². The largest absolute Gasteiger partial charge is 0.459 e. The SMILES string of the molecule is O=C(CCNC(=O)c1ccco1)Nc1ccccn1. The zero-order chi connectivity index (χ0) is 13.5. The van der Waals surface area contributed by atoms with Gasteiger partial charge in [0.05, 0.1) is 6.26 Å². The van der Waals surface area contributed by atoms with Crippen molar-refractivity contribution in [2.24, 2.45) is 0 Å². The molecule has 0 aromatic carbocycles. The minimum atomic E-state index is -0.337. The summed E-state index contributed by atoms with van der Waals surface area (Å²) in [5.41, 5.74) is 0. The molecule has 0 spiro atoms. The van der Waals surface area contributed by atoms with Crippen molar-refractivity contribution in [1.82, 2.24) is 10.3 Å². The highest BCUT2D eigenvalue weighted by molar-refractivity contribution is 5.93. The molecule has 6 nitrogen and oxygen atoms in total. The highest BCUT2D eigenvalue weighted by atomic mass is 16.3. The predicted octanol–water partition coefficient (Wildman–Crippen LogP) is 1.43. The van der Waals surface area contributed by atoms with Gasteiger partial charge in [0.25, 0.3) is 5.91 Å². The quantitative estimate of drug-likeness (QED) is 0.850. The van der Waals surface area contributed by atoms with Crippen molar-refractivity contribution in [2.45, 2.75) is 6.42 Å². The fourth-order valence-electron chi connectivity index (χ4n) is 1.43. The summed E-state index contributed by atoms with van der Waals surface area (Å²) in [6.45, 7) is 0.234. The van der Waals surface area contributed by atoms with E-state index < -0.39 is 0 Å². The molecule has 0 saturated carbocycles. The van der Waals surface area contributed by atoms with Crippen LogP contribution in [0.2, 0.25) is 0 Å². The average molecular weight is 259 g/mol. The number of anilines is 1. The van der Waals surface area contributed by atoms with Crippen molar-refractivity contribution in [3.05, 3.63) is 48.6 Å². The van der Waals surface area contributed by atoms with E-state index in [1.54, 1.807) is 36.5 Å². The molecule has 2 N–H and O–H groups in total. The van der Waals surface area contributed by atoms with Gasteiger partial charge < -0.3 is 15.1 Å². The molecule has 0 fully saturated rings. The lowest BCUT2D eigenvalue weighted by Crippen LogP contribution is -2.27. The molecule has 6 heteroatoms. The monoisotopic (exact) mass is 259 g/mol. The summed E-state index contributed by atoms with van der Waals surface area (Å²) in [5.74, 6) is 0.170. The molecule has 0 aliphatic heterocycles. The number of nitrogens with one attached hydrogen (secondary N) is 2. The Morgan fingerprint density at radius 3 is 2.79 bits per heavy atom. The van der Waals surface area contributed by atoms with Gasteiger partial charge in [-0.05, 0) is 24.3 Å². The number of aromatic nitrogens is 1. The molecule has 2 heterocycles. The van der Waals surface area contributed by atoms with Gasteiger partial charge >= 0.3 is 0 Å². The van der Waals surface area contributed by atoms with Gasteiger partial charge in [0.1, 0.15) is 5.82 Å². The van der Waals surface area contributed by atoms with Gasteiger partial charge in [0, 0.05) is 19.2 Å². The van der Waals surface area contributed by atoms with Crippen molar-refractivity contribution in [2.75, 3.05) is 11.9 Å². The number of carbonyl (C=O) groups is 2. The second kappa shape index (κ2) is 6.34. The molecule has 0 bridgehead atoms. The maximum Gasteiger partial charge on any atom is 0.286 e. The summed E-state index contributed by atoms with van der Waals surface area (Å²) in [5, 5.41) is 5.21. The van der Waals surface area contributed by atoms with Crippen LogP contribution in [0.15, 0.2) is 47.2 Å². The summed E-state index contributed by atoms with van der Waals surface area (Å²) >= 11 is 0. The number of hydrogen-bond acceptors (Lipinski definition) is 4. The van der Waals surface area contributed by atoms with Crippen LogP contribution < -0.4 is 10.6 Å². The van der Waals surface area contributed by atoms with E-state index in [1.807, 2.05) is 0 Å². The van der Waals surface area contributed by atoms with Crippen LogP contribution in [-0.2, 0) is 4.79 Å². The number of amides is 2. The van der Waals surface area contributed by atoms with E-state index in [9.17, 15) is 9.59 Å². The van der Waals surface area contributed by atoms with E-state index >= 15 is 0 Å². The molecule has 0 atom stereocenters. The van der Waals surface area contributed by atoms with Gasteiger partial charge in [0.2, 0.25) is 5.91 Å². The third-order valence-electron chi connectivity index (χ3n) is 2.31. The van der Waals surface area contributed by atoms with Crippen molar-refractivity contribution in [3.8, 4) is 0 Å². The lowest BCUT2D eigenvalue weighted by atomic mass is 10.3. The lowest BCUT2D eigenvalue weighted by molar-refractivity contribution is -0.116. The summed E-state index contributed by atoms with van der Waals surface area (Å²) < 4.78 is 4.93. The second-order valence-electron chi connectivity index (χ2n) is 3.75. The molecule has 19 heavy (non-hydrogen) atoms. The van der Waals surface area contributed by atoms with Gasteiger partial charge in [-0.3, -0.25) is 9.59 Å². The van der Waals surface area contributed by atoms with Gasteiger partial charge in [-0.15, -0.1) is 0 Å². The third-order valence-corrected chi connectivity index (χ3v) is 2.31. The Balaban J connectivity index is 1.71. The number of carbonyl (C=O) groups excluding carboxylic acids is 2. The van der Waals surface area contributed by atoms with Crippen LogP contribution in [0.25, 0.3) is 0 Å². The Hall–Kier alpha value is -2.63. The molecule has 2 aromatic heterocycles. The van der Waals surface area contributed by atoms with Gasteiger partial charge in [0.15, 0.2) is 5.76 Å². The summed E-state index contributed by atoms with van der Waals surface area (Å²) in [6, 6.07) is 8.42. The van der Waals surface area contributed by atoms with E-state index in [-0.39, 0.29) is 30.5 Å². The van der Waals surface area contributed by atoms with Crippen LogP contribution in [0.4, 0.5) is 5.82 Å². The van der Waals surface area contributed by atoms with E-state index in [4.69, 9.17) is 4.42 Å². The standard InChI is InChI=1S/C13H13N3O3/c17-12(16-11-5-1-2-7-14-11)6-8-15-13(18)10-4-3-9-19-10/h1-5,7,9H,6,8H2,(H,15,18)(H,14,16,17). The second-order valence-corrected chi connectivity index (χ2v) is 3.75. The molecule has 2 amide bonds. The normalized spacial score (nSPS) is 9.89. The van der Waals surface area contributed by atoms with Crippen LogP contribution in [0.3, 0.4) is 0 Å². The predicted molar refractivity (Wildman–Crippen MR) is 68.5 cm³/mol. The maximum absolute atomic E-state index is 11.6. The van der Waals surface area contributed by atoms with Crippen LogP contribution in [0.1, 0.15) is 17.0 Å². The van der Waals surface area contributed by atoms with E-state index in [1.165, 1.54) is 6.26 Å². The molecule has 2 rings (SSSR count). The first-order valence-corrected chi connectivity index (χ1v) is 5.78. The Kier molecular flexibility index (Phi) is 4.28. The van der Waals surface area contributed by atoms with Crippen molar-refractivity contribution in [1.29, 1.82) is 0 Å². The van der Waals surface area contributed by atoms with Crippen molar-refractivity contribution in [3.63, 3.8) is 0 Å². The Morgan fingerprint density at radius 2 is 2.11 bits per heavy atom. The van der Waals surface area contributed by atoms with Crippen LogP contribution in [-0.4, -0.2) is 23.3 Å². The highest BCUT2D eigenvalue weighted by Gasteiger charge is 2.08. The average Bonchev–Trinajstić information content (AvgIpc) is 2.93. The van der Waals surface area contributed by atoms with Gasteiger partial charge in [-0.1, -0.05) is 6.07 Å². The molecule has 0 saturated heterocycles. The van der Waals surface area contributed by atoms with E-state index in [2.05, 4.69) is 15.6 Å². The van der Waals surface area contributed by atoms with Gasteiger partial charge in [-0.2, -0.15) is 0 Å². The Bertz CT molecular complexity index is 538. The topological polar surface area (TPSA) is 84.2 Å². The van der Waals surface area contributed by atoms with E-state index in [0.717, 1.165) is 0 Å². The number of nitrogens with zero attached hydrogens (tertiary/aromatic N) is 1. The summed E-state index contributed by atoms with van der Waals surface area (Å²) in [7, 11) is 0. The molecule has 0 aliphatic rings. The fourth-order valence-corrected chi connectivity index (χ4v) is 1.43. The summed E-state index contributed by atoms with van der Waals surface area (Å²) in [6.07, 6.45) is 3.18. The Morgan fingerprint density at radius 1 is 1.21 bits per heavy atom. The van der Waals surface area contributed by atoms with Crippen LogP contribution in [0, 0.1) is 0 Å². The Labute approximate surface area is 109 Å². The zero-order valence-corrected chi connectivity index (χ0v) is 10.1. The molecule has 0 radical (unpaired) electrons. The third kappa shape index (κ3) is 3.95. The highest BCUT2D eigenvalue weighted by Crippen LogP contribution is 2.01. The van der Waals surface area contributed by atoms with E-state index in [0.29, 0.717) is 5.82 Å². The fraction of sp³-hybridized carbons (Fsp3) is 0.154. The molecular weight excluding hydrogens is 246 g/mol. The first kappa shape index (κ1) is 12.8. The molecule has 0 unspecified atom stereocenters. The zero-order valence-electron chi connectivity index (χ0n) is 10.1. The molecule has 0 aliphatic carbocycles. The number of pyridine rings is 1. The number of rotatable bonds is 5. The van der Waals surface area contributed by atoms with Crippen molar-refractivity contribution < 1.29 is 14.0 Å². The van der Waals surface area contributed by atoms with Crippen LogP contribution in [0.5, 0.6) is 0 Å². The minimum Gasteiger partial charge on any atom is -0.459 e. The number of furan rings is 1. The first-order valence-electron chi connectivity index (χ1n) is 5.78. The molecule has 98 valence electrons. The minimum absolute atomic E-state index is 0.170. The smallest absolute Gasteiger partial charge is 0.286 e. The number of hydrogen-bond donors (Lipinski definition) is 2. The van der Waals surface area contributed by atoms with Crippen LogP contribution >= 0.6 is 0 Å². The summed E-state index contributed by atoms with van der Waals surface area (Å²) in [4.78, 5) is 27.0. The van der Waals surface area contributed by atoms with Crippen molar-refractivity contribution >= 4 is 17.6 Å². The maximum atomic E-state index is 11.6. The first-order chi connectivity index (χ1) is 9.25. The molecular formula is C13H13N3O3. The lowest BCUT2D eigenvalue weighted by Gasteiger charge is -2.04. The molecule has 2 aromatic rings.